The molecule has 0 fully saturated rings. The molecule has 0 N–H and O–H groups in total. The van der Waals surface area contributed by atoms with Gasteiger partial charge in [0, 0.05) is 5.56 Å². The van der Waals surface area contributed by atoms with Crippen molar-refractivity contribution in [2.75, 3.05) is 5.75 Å². The summed E-state index contributed by atoms with van der Waals surface area (Å²) in [6.07, 6.45) is 0. The van der Waals surface area contributed by atoms with Crippen molar-refractivity contribution in [3.05, 3.63) is 56.2 Å². The molecule has 0 unspecified atom stereocenters. The van der Waals surface area contributed by atoms with Gasteiger partial charge in [-0.05, 0) is 11.6 Å². The summed E-state index contributed by atoms with van der Waals surface area (Å²) in [7, 11) is -3.54. The summed E-state index contributed by atoms with van der Waals surface area (Å²) in [5.74, 6) is -1.28. The molecule has 20 heavy (non-hydrogen) atoms. The van der Waals surface area contributed by atoms with Crippen LogP contribution in [-0.4, -0.2) is 20.0 Å². The van der Waals surface area contributed by atoms with Gasteiger partial charge in [0.2, 0.25) is 0 Å². The van der Waals surface area contributed by atoms with E-state index in [-0.39, 0.29) is 15.7 Å². The van der Waals surface area contributed by atoms with Gasteiger partial charge in [-0.3, -0.25) is 4.79 Å². The number of hydrogen-bond acceptors (Lipinski definition) is 4. The van der Waals surface area contributed by atoms with Crippen LogP contribution in [-0.2, 0) is 15.6 Å². The SMILES string of the molecule is O=C(CS(=O)(=O)Cc1ccccc1)c1cc(Cl)sc1Cl. The number of benzene rings is 1. The highest BCUT2D eigenvalue weighted by Crippen LogP contribution is 2.31. The predicted octanol–water partition coefficient (Wildman–Crippen LogP) is 3.85. The second-order valence-electron chi connectivity index (χ2n) is 4.18. The molecule has 0 atom stereocenters. The van der Waals surface area contributed by atoms with Crippen molar-refractivity contribution in [2.45, 2.75) is 5.75 Å². The second kappa shape index (κ2) is 6.26. The smallest absolute Gasteiger partial charge is 0.180 e. The summed E-state index contributed by atoms with van der Waals surface area (Å²) in [6.45, 7) is 0. The summed E-state index contributed by atoms with van der Waals surface area (Å²) in [5, 5.41) is 0. The average molecular weight is 349 g/mol. The number of thiophene rings is 1. The molecule has 7 heteroatoms. The summed E-state index contributed by atoms with van der Waals surface area (Å²) >= 11 is 12.6. The summed E-state index contributed by atoms with van der Waals surface area (Å²) in [6, 6.07) is 10.1. The molecule has 3 nitrogen and oxygen atoms in total. The lowest BCUT2D eigenvalue weighted by Gasteiger charge is -2.03. The van der Waals surface area contributed by atoms with Gasteiger partial charge in [0.25, 0.3) is 0 Å². The van der Waals surface area contributed by atoms with Gasteiger partial charge < -0.3 is 0 Å². The minimum Gasteiger partial charge on any atom is -0.293 e. The Kier molecular flexibility index (Phi) is 4.86. The van der Waals surface area contributed by atoms with E-state index in [9.17, 15) is 13.2 Å². The Hall–Kier alpha value is -0.880. The molecule has 0 saturated heterocycles. The summed E-state index contributed by atoms with van der Waals surface area (Å²) in [5.41, 5.74) is 0.813. The maximum atomic E-state index is 12.0. The van der Waals surface area contributed by atoms with Crippen LogP contribution < -0.4 is 0 Å². The molecule has 1 aromatic carbocycles. The quantitative estimate of drug-likeness (QED) is 0.771. The van der Waals surface area contributed by atoms with Crippen LogP contribution in [0, 0.1) is 0 Å². The van der Waals surface area contributed by atoms with E-state index in [1.54, 1.807) is 30.3 Å². The van der Waals surface area contributed by atoms with Crippen LogP contribution in [0.4, 0.5) is 0 Å². The molecule has 106 valence electrons. The molecule has 0 radical (unpaired) electrons. The Labute approximate surface area is 131 Å². The average Bonchev–Trinajstić information content (AvgIpc) is 2.68. The van der Waals surface area contributed by atoms with Crippen molar-refractivity contribution in [3.8, 4) is 0 Å². The molecule has 0 aliphatic heterocycles. The topological polar surface area (TPSA) is 51.2 Å². The van der Waals surface area contributed by atoms with Crippen molar-refractivity contribution in [1.82, 2.24) is 0 Å². The molecule has 2 aromatic rings. The van der Waals surface area contributed by atoms with Crippen molar-refractivity contribution < 1.29 is 13.2 Å². The highest BCUT2D eigenvalue weighted by Gasteiger charge is 2.22. The van der Waals surface area contributed by atoms with Crippen molar-refractivity contribution >= 4 is 50.2 Å². The Morgan fingerprint density at radius 2 is 1.80 bits per heavy atom. The van der Waals surface area contributed by atoms with Crippen LogP contribution >= 0.6 is 34.5 Å². The van der Waals surface area contributed by atoms with Crippen LogP contribution in [0.1, 0.15) is 15.9 Å². The van der Waals surface area contributed by atoms with Gasteiger partial charge in [-0.1, -0.05) is 53.5 Å². The van der Waals surface area contributed by atoms with Crippen LogP contribution in [0.2, 0.25) is 8.67 Å². The Balaban J connectivity index is 2.12. The van der Waals surface area contributed by atoms with Crippen LogP contribution in [0.25, 0.3) is 0 Å². The van der Waals surface area contributed by atoms with Gasteiger partial charge in [-0.25, -0.2) is 8.42 Å². The number of halogens is 2. The maximum absolute atomic E-state index is 12.0. The van der Waals surface area contributed by atoms with E-state index in [0.717, 1.165) is 11.3 Å². The molecule has 0 aliphatic carbocycles. The number of rotatable bonds is 5. The van der Waals surface area contributed by atoms with Crippen LogP contribution in [0.15, 0.2) is 36.4 Å². The standard InChI is InChI=1S/C13H10Cl2O3S2/c14-12-6-10(13(15)19-12)11(16)8-20(17,18)7-9-4-2-1-3-5-9/h1-6H,7-8H2. The normalized spacial score (nSPS) is 11.5. The number of carbonyl (C=O) groups excluding carboxylic acids is 1. The molecule has 0 bridgehead atoms. The number of sulfone groups is 1. The fourth-order valence-corrected chi connectivity index (χ4v) is 4.54. The Morgan fingerprint density at radius 1 is 1.15 bits per heavy atom. The van der Waals surface area contributed by atoms with E-state index in [2.05, 4.69) is 0 Å². The van der Waals surface area contributed by atoms with Gasteiger partial charge in [0.05, 0.1) is 10.1 Å². The van der Waals surface area contributed by atoms with E-state index in [4.69, 9.17) is 23.2 Å². The van der Waals surface area contributed by atoms with Crippen LogP contribution in [0.5, 0.6) is 0 Å². The fraction of sp³-hybridized carbons (Fsp3) is 0.154. The number of Topliss-reactive ketones (excluding diaryl/α,β-unsaturated/α-hetero) is 1. The molecule has 0 spiro atoms. The first kappa shape index (κ1) is 15.5. The molecule has 1 heterocycles. The summed E-state index contributed by atoms with van der Waals surface area (Å²) in [4.78, 5) is 12.0. The van der Waals surface area contributed by atoms with E-state index < -0.39 is 21.4 Å². The number of ketones is 1. The Bertz CT molecular complexity index is 721. The van der Waals surface area contributed by atoms with Gasteiger partial charge in [-0.15, -0.1) is 11.3 Å². The third kappa shape index (κ3) is 4.06. The number of hydrogen-bond donors (Lipinski definition) is 0. The van der Waals surface area contributed by atoms with E-state index in [1.807, 2.05) is 0 Å². The molecule has 0 amide bonds. The molecule has 2 rings (SSSR count). The zero-order valence-electron chi connectivity index (χ0n) is 10.2. The zero-order chi connectivity index (χ0) is 14.8. The highest BCUT2D eigenvalue weighted by molar-refractivity contribution is 7.91. The molecule has 1 aromatic heterocycles. The molecular formula is C13H10Cl2O3S2. The Morgan fingerprint density at radius 3 is 2.35 bits per heavy atom. The zero-order valence-corrected chi connectivity index (χ0v) is 13.3. The van der Waals surface area contributed by atoms with E-state index in [0.29, 0.717) is 9.90 Å². The van der Waals surface area contributed by atoms with Crippen molar-refractivity contribution in [1.29, 1.82) is 0 Å². The lowest BCUT2D eigenvalue weighted by atomic mass is 10.2. The third-order valence-corrected chi connectivity index (χ3v) is 5.50. The third-order valence-electron chi connectivity index (χ3n) is 2.54. The van der Waals surface area contributed by atoms with Crippen molar-refractivity contribution in [3.63, 3.8) is 0 Å². The first-order valence-corrected chi connectivity index (χ1v) is 8.99. The second-order valence-corrected chi connectivity index (χ2v) is 8.53. The highest BCUT2D eigenvalue weighted by atomic mass is 35.5. The lowest BCUT2D eigenvalue weighted by Crippen LogP contribution is -2.17. The minimum atomic E-state index is -3.54. The minimum absolute atomic E-state index is 0.165. The summed E-state index contributed by atoms with van der Waals surface area (Å²) < 4.78 is 24.6. The monoisotopic (exact) mass is 348 g/mol. The molecule has 0 aliphatic rings. The van der Waals surface area contributed by atoms with Gasteiger partial charge in [-0.2, -0.15) is 0 Å². The van der Waals surface area contributed by atoms with E-state index in [1.165, 1.54) is 6.07 Å². The molecular weight excluding hydrogens is 339 g/mol. The van der Waals surface area contributed by atoms with Crippen molar-refractivity contribution in [2.24, 2.45) is 0 Å². The predicted molar refractivity (Wildman–Crippen MR) is 82.6 cm³/mol. The molecule has 0 saturated carbocycles. The van der Waals surface area contributed by atoms with Gasteiger partial charge >= 0.3 is 0 Å². The van der Waals surface area contributed by atoms with Gasteiger partial charge in [0.1, 0.15) is 10.1 Å². The van der Waals surface area contributed by atoms with E-state index >= 15 is 0 Å². The maximum Gasteiger partial charge on any atom is 0.180 e. The lowest BCUT2D eigenvalue weighted by molar-refractivity contribution is 0.102. The number of carbonyl (C=O) groups is 1. The first-order valence-electron chi connectivity index (χ1n) is 5.60. The van der Waals surface area contributed by atoms with Crippen LogP contribution in [0.3, 0.4) is 0 Å². The largest absolute Gasteiger partial charge is 0.293 e. The fourth-order valence-electron chi connectivity index (χ4n) is 1.69. The van der Waals surface area contributed by atoms with Gasteiger partial charge in [0.15, 0.2) is 15.6 Å². The first-order chi connectivity index (χ1) is 9.37.